The minimum absolute atomic E-state index is 0.0299. The fourth-order valence-corrected chi connectivity index (χ4v) is 3.09. The summed E-state index contributed by atoms with van der Waals surface area (Å²) >= 11 is 0. The minimum Gasteiger partial charge on any atom is -0.493 e. The maximum absolute atomic E-state index is 12.2. The SMILES string of the molecule is Cc1cccc(OCCc2noc(C3CN(C(=O)COc4ccccc4)C3)n2)c1. The molecule has 4 rings (SSSR count). The third kappa shape index (κ3) is 4.93. The summed E-state index contributed by atoms with van der Waals surface area (Å²) in [5.41, 5.74) is 1.16. The number of aryl methyl sites for hydroxylation is 1. The number of amides is 1. The molecule has 0 atom stereocenters. The monoisotopic (exact) mass is 393 g/mol. The third-order valence-electron chi connectivity index (χ3n) is 4.76. The molecule has 7 heteroatoms. The van der Waals surface area contributed by atoms with Crippen LogP contribution in [-0.4, -0.2) is 47.3 Å². The maximum Gasteiger partial charge on any atom is 0.260 e. The Morgan fingerprint density at radius 2 is 1.90 bits per heavy atom. The average molecular weight is 393 g/mol. The Hall–Kier alpha value is -3.35. The molecule has 0 spiro atoms. The van der Waals surface area contributed by atoms with E-state index in [1.807, 2.05) is 61.5 Å². The third-order valence-corrected chi connectivity index (χ3v) is 4.76. The molecule has 1 aliphatic heterocycles. The molecule has 1 amide bonds. The van der Waals surface area contributed by atoms with Gasteiger partial charge in [0.1, 0.15) is 11.5 Å². The van der Waals surface area contributed by atoms with Crippen LogP contribution in [-0.2, 0) is 11.2 Å². The first kappa shape index (κ1) is 19.0. The number of carbonyl (C=O) groups is 1. The summed E-state index contributed by atoms with van der Waals surface area (Å²) in [7, 11) is 0. The number of benzene rings is 2. The quantitative estimate of drug-likeness (QED) is 0.585. The fraction of sp³-hybridized carbons (Fsp3) is 0.318. The van der Waals surface area contributed by atoms with Gasteiger partial charge in [-0.25, -0.2) is 0 Å². The van der Waals surface area contributed by atoms with E-state index in [2.05, 4.69) is 10.1 Å². The molecule has 0 saturated carbocycles. The number of carbonyl (C=O) groups excluding carboxylic acids is 1. The Balaban J connectivity index is 1.19. The summed E-state index contributed by atoms with van der Waals surface area (Å²) in [4.78, 5) is 18.4. The van der Waals surface area contributed by atoms with Gasteiger partial charge in [0.2, 0.25) is 5.89 Å². The molecule has 0 radical (unpaired) electrons. The zero-order valence-corrected chi connectivity index (χ0v) is 16.3. The second-order valence-corrected chi connectivity index (χ2v) is 7.06. The van der Waals surface area contributed by atoms with Crippen molar-refractivity contribution in [3.8, 4) is 11.5 Å². The second kappa shape index (κ2) is 8.77. The molecule has 1 fully saturated rings. The number of hydrogen-bond donors (Lipinski definition) is 0. The summed E-state index contributed by atoms with van der Waals surface area (Å²) in [6, 6.07) is 17.2. The van der Waals surface area contributed by atoms with Crippen molar-refractivity contribution in [3.63, 3.8) is 0 Å². The standard InChI is InChI=1S/C22H23N3O4/c1-16-6-5-9-19(12-16)27-11-10-20-23-22(29-24-20)17-13-25(14-17)21(26)15-28-18-7-3-2-4-8-18/h2-9,12,17H,10-11,13-15H2,1H3. The van der Waals surface area contributed by atoms with Gasteiger partial charge in [0, 0.05) is 19.5 Å². The van der Waals surface area contributed by atoms with Gasteiger partial charge in [-0.05, 0) is 36.8 Å². The van der Waals surface area contributed by atoms with Crippen molar-refractivity contribution in [2.24, 2.45) is 0 Å². The number of ether oxygens (including phenoxy) is 2. The Labute approximate surface area is 169 Å². The van der Waals surface area contributed by atoms with Crippen LogP contribution in [0.5, 0.6) is 11.5 Å². The first-order valence-corrected chi connectivity index (χ1v) is 9.65. The van der Waals surface area contributed by atoms with Gasteiger partial charge in [-0.2, -0.15) is 4.98 Å². The van der Waals surface area contributed by atoms with Gasteiger partial charge in [-0.1, -0.05) is 35.5 Å². The van der Waals surface area contributed by atoms with E-state index in [1.165, 1.54) is 0 Å². The predicted octanol–water partition coefficient (Wildman–Crippen LogP) is 3.00. The number of likely N-dealkylation sites (tertiary alicyclic amines) is 1. The van der Waals surface area contributed by atoms with Crippen molar-refractivity contribution >= 4 is 5.91 Å². The van der Waals surface area contributed by atoms with Crippen molar-refractivity contribution in [3.05, 3.63) is 71.9 Å². The van der Waals surface area contributed by atoms with Crippen molar-refractivity contribution in [2.45, 2.75) is 19.3 Å². The van der Waals surface area contributed by atoms with Gasteiger partial charge in [-0.15, -0.1) is 0 Å². The molecule has 0 bridgehead atoms. The van der Waals surface area contributed by atoms with Gasteiger partial charge in [0.05, 0.1) is 12.5 Å². The lowest BCUT2D eigenvalue weighted by Crippen LogP contribution is -2.50. The Morgan fingerprint density at radius 3 is 2.69 bits per heavy atom. The largest absolute Gasteiger partial charge is 0.493 e. The van der Waals surface area contributed by atoms with Crippen LogP contribution < -0.4 is 9.47 Å². The highest BCUT2D eigenvalue weighted by atomic mass is 16.5. The number of para-hydroxylation sites is 1. The highest BCUT2D eigenvalue weighted by Gasteiger charge is 2.35. The van der Waals surface area contributed by atoms with Gasteiger partial charge in [-0.3, -0.25) is 4.79 Å². The number of aromatic nitrogens is 2. The Bertz CT molecular complexity index is 951. The van der Waals surface area contributed by atoms with Crippen LogP contribution in [0.1, 0.15) is 23.2 Å². The fourth-order valence-electron chi connectivity index (χ4n) is 3.09. The minimum atomic E-state index is -0.0450. The zero-order chi connectivity index (χ0) is 20.1. The summed E-state index contributed by atoms with van der Waals surface area (Å²) in [5.74, 6) is 2.74. The molecular weight excluding hydrogens is 370 g/mol. The van der Waals surface area contributed by atoms with Crippen LogP contribution >= 0.6 is 0 Å². The van der Waals surface area contributed by atoms with E-state index in [9.17, 15) is 4.79 Å². The lowest BCUT2D eigenvalue weighted by molar-refractivity contribution is -0.138. The van der Waals surface area contributed by atoms with Crippen molar-refractivity contribution < 1.29 is 18.8 Å². The molecule has 150 valence electrons. The van der Waals surface area contributed by atoms with Crippen LogP contribution in [0.3, 0.4) is 0 Å². The van der Waals surface area contributed by atoms with E-state index >= 15 is 0 Å². The molecule has 1 saturated heterocycles. The average Bonchev–Trinajstić information content (AvgIpc) is 3.14. The molecule has 1 aromatic heterocycles. The molecule has 0 unspecified atom stereocenters. The number of nitrogens with zero attached hydrogens (tertiary/aromatic N) is 3. The zero-order valence-electron chi connectivity index (χ0n) is 16.3. The number of rotatable bonds is 8. The predicted molar refractivity (Wildman–Crippen MR) is 106 cm³/mol. The van der Waals surface area contributed by atoms with Crippen molar-refractivity contribution in [2.75, 3.05) is 26.3 Å². The molecule has 7 nitrogen and oxygen atoms in total. The summed E-state index contributed by atoms with van der Waals surface area (Å²) in [5, 5.41) is 4.02. The normalized spacial score (nSPS) is 13.8. The smallest absolute Gasteiger partial charge is 0.260 e. The lowest BCUT2D eigenvalue weighted by Gasteiger charge is -2.36. The maximum atomic E-state index is 12.2. The van der Waals surface area contributed by atoms with Crippen molar-refractivity contribution in [1.82, 2.24) is 15.0 Å². The van der Waals surface area contributed by atoms with Crippen LogP contribution in [0.2, 0.25) is 0 Å². The van der Waals surface area contributed by atoms with Crippen LogP contribution in [0, 0.1) is 6.92 Å². The molecule has 2 heterocycles. The Kier molecular flexibility index (Phi) is 5.74. The highest BCUT2D eigenvalue weighted by molar-refractivity contribution is 5.78. The Morgan fingerprint density at radius 1 is 1.10 bits per heavy atom. The van der Waals surface area contributed by atoms with E-state index in [0.717, 1.165) is 11.3 Å². The summed E-state index contributed by atoms with van der Waals surface area (Å²) in [6.45, 7) is 3.67. The van der Waals surface area contributed by atoms with Gasteiger partial charge >= 0.3 is 0 Å². The van der Waals surface area contributed by atoms with Crippen LogP contribution in [0.15, 0.2) is 59.1 Å². The van der Waals surface area contributed by atoms with E-state index in [-0.39, 0.29) is 18.4 Å². The van der Waals surface area contributed by atoms with E-state index in [1.54, 1.807) is 4.90 Å². The highest BCUT2D eigenvalue weighted by Crippen LogP contribution is 2.26. The van der Waals surface area contributed by atoms with Gasteiger partial charge < -0.3 is 18.9 Å². The second-order valence-electron chi connectivity index (χ2n) is 7.06. The summed E-state index contributed by atoms with van der Waals surface area (Å²) in [6.07, 6.45) is 0.567. The van der Waals surface area contributed by atoms with E-state index < -0.39 is 0 Å². The van der Waals surface area contributed by atoms with Gasteiger partial charge in [0.25, 0.3) is 5.91 Å². The van der Waals surface area contributed by atoms with E-state index in [0.29, 0.717) is 43.6 Å². The first-order valence-electron chi connectivity index (χ1n) is 9.65. The molecule has 29 heavy (non-hydrogen) atoms. The van der Waals surface area contributed by atoms with Crippen LogP contribution in [0.4, 0.5) is 0 Å². The molecule has 0 N–H and O–H groups in total. The van der Waals surface area contributed by atoms with Gasteiger partial charge in [0.15, 0.2) is 12.4 Å². The van der Waals surface area contributed by atoms with E-state index in [4.69, 9.17) is 14.0 Å². The number of hydrogen-bond acceptors (Lipinski definition) is 6. The lowest BCUT2D eigenvalue weighted by atomic mass is 10.0. The summed E-state index contributed by atoms with van der Waals surface area (Å²) < 4.78 is 16.6. The topological polar surface area (TPSA) is 77.7 Å². The molecule has 0 aliphatic carbocycles. The molecule has 2 aromatic carbocycles. The molecular formula is C22H23N3O4. The van der Waals surface area contributed by atoms with Crippen LogP contribution in [0.25, 0.3) is 0 Å². The molecule has 3 aromatic rings. The first-order chi connectivity index (χ1) is 14.2. The van der Waals surface area contributed by atoms with Crippen molar-refractivity contribution in [1.29, 1.82) is 0 Å². The molecule has 1 aliphatic rings.